The molecule has 0 atom stereocenters. The van der Waals surface area contributed by atoms with E-state index in [4.69, 9.17) is 4.74 Å². The first kappa shape index (κ1) is 17.5. The fourth-order valence-electron chi connectivity index (χ4n) is 1.75. The second kappa shape index (κ2) is 7.63. The summed E-state index contributed by atoms with van der Waals surface area (Å²) in [7, 11) is 0. The van der Waals surface area contributed by atoms with Gasteiger partial charge in [-0.15, -0.1) is 0 Å². The van der Waals surface area contributed by atoms with Crippen LogP contribution in [-0.4, -0.2) is 18.7 Å². The largest absolute Gasteiger partial charge is 0.484 e. The van der Waals surface area contributed by atoms with E-state index in [0.717, 1.165) is 35.4 Å². The zero-order valence-electron chi connectivity index (χ0n) is 12.8. The number of nitrogens with zero attached hydrogens (tertiary/aromatic N) is 1. The number of amides is 1. The second-order valence-corrected chi connectivity index (χ2v) is 5.01. The maximum Gasteiger partial charge on any atom is 0.416 e. The summed E-state index contributed by atoms with van der Waals surface area (Å²) in [6, 6.07) is 11.6. The smallest absolute Gasteiger partial charge is 0.416 e. The van der Waals surface area contributed by atoms with Crippen LogP contribution in [0, 0.1) is 6.92 Å². The van der Waals surface area contributed by atoms with Crippen LogP contribution in [0.25, 0.3) is 0 Å². The Morgan fingerprint density at radius 1 is 1.12 bits per heavy atom. The monoisotopic (exact) mass is 336 g/mol. The van der Waals surface area contributed by atoms with E-state index in [2.05, 4.69) is 10.5 Å². The van der Waals surface area contributed by atoms with Gasteiger partial charge in [0.2, 0.25) is 0 Å². The van der Waals surface area contributed by atoms with Crippen molar-refractivity contribution in [2.75, 3.05) is 6.61 Å². The van der Waals surface area contributed by atoms with E-state index in [1.165, 1.54) is 6.21 Å². The van der Waals surface area contributed by atoms with Crippen LogP contribution in [0.3, 0.4) is 0 Å². The number of rotatable bonds is 5. The highest BCUT2D eigenvalue weighted by Gasteiger charge is 2.30. The Morgan fingerprint density at radius 3 is 2.33 bits per heavy atom. The molecule has 0 radical (unpaired) electrons. The molecular formula is C17H15F3N2O2. The first-order valence-corrected chi connectivity index (χ1v) is 7.03. The summed E-state index contributed by atoms with van der Waals surface area (Å²) >= 11 is 0. The molecular weight excluding hydrogens is 321 g/mol. The molecule has 0 fully saturated rings. The van der Waals surface area contributed by atoms with E-state index in [1.807, 2.05) is 31.2 Å². The lowest BCUT2D eigenvalue weighted by Gasteiger charge is -2.08. The molecule has 7 heteroatoms. The number of carbonyl (C=O) groups is 1. The van der Waals surface area contributed by atoms with Crippen molar-refractivity contribution in [1.29, 1.82) is 0 Å². The van der Waals surface area contributed by atoms with Crippen LogP contribution in [0.2, 0.25) is 0 Å². The van der Waals surface area contributed by atoms with E-state index < -0.39 is 17.6 Å². The lowest BCUT2D eigenvalue weighted by atomic mass is 10.2. The van der Waals surface area contributed by atoms with Gasteiger partial charge in [0.1, 0.15) is 5.75 Å². The van der Waals surface area contributed by atoms with E-state index >= 15 is 0 Å². The molecule has 0 unspecified atom stereocenters. The number of hydrogen-bond donors (Lipinski definition) is 1. The van der Waals surface area contributed by atoms with Crippen molar-refractivity contribution < 1.29 is 22.7 Å². The van der Waals surface area contributed by atoms with Gasteiger partial charge in [-0.25, -0.2) is 5.43 Å². The van der Waals surface area contributed by atoms with Gasteiger partial charge in [0, 0.05) is 0 Å². The molecule has 0 bridgehead atoms. The molecule has 1 amide bonds. The van der Waals surface area contributed by atoms with Crippen molar-refractivity contribution in [3.63, 3.8) is 0 Å². The minimum atomic E-state index is -4.40. The summed E-state index contributed by atoms with van der Waals surface area (Å²) in [6.45, 7) is 1.61. The molecule has 1 N–H and O–H groups in total. The second-order valence-electron chi connectivity index (χ2n) is 5.01. The third-order valence-electron chi connectivity index (χ3n) is 3.03. The standard InChI is InChI=1S/C17H15F3N2O2/c1-12-2-4-13(5-3-12)10-21-22-16(23)11-24-15-8-6-14(7-9-15)17(18,19)20/h2-10H,11H2,1H3,(H,22,23)/b21-10-. The Bertz CT molecular complexity index is 708. The van der Waals surface area contributed by atoms with Crippen LogP contribution in [0.4, 0.5) is 13.2 Å². The first-order chi connectivity index (χ1) is 11.3. The Kier molecular flexibility index (Phi) is 5.57. The van der Waals surface area contributed by atoms with E-state index in [1.54, 1.807) is 0 Å². The van der Waals surface area contributed by atoms with Gasteiger partial charge in [-0.2, -0.15) is 18.3 Å². The summed E-state index contributed by atoms with van der Waals surface area (Å²) in [4.78, 5) is 11.6. The SMILES string of the molecule is Cc1ccc(/C=N\NC(=O)COc2ccc(C(F)(F)F)cc2)cc1. The van der Waals surface area contributed by atoms with Crippen LogP contribution in [0.5, 0.6) is 5.75 Å². The van der Waals surface area contributed by atoms with Gasteiger partial charge in [0.05, 0.1) is 11.8 Å². The Labute approximate surface area is 137 Å². The molecule has 2 rings (SSSR count). The highest BCUT2D eigenvalue weighted by Crippen LogP contribution is 2.30. The maximum absolute atomic E-state index is 12.4. The van der Waals surface area contributed by atoms with Crippen LogP contribution >= 0.6 is 0 Å². The number of benzene rings is 2. The van der Waals surface area contributed by atoms with E-state index in [0.29, 0.717) is 0 Å². The Balaban J connectivity index is 1.79. The average molecular weight is 336 g/mol. The Morgan fingerprint density at radius 2 is 1.75 bits per heavy atom. The first-order valence-electron chi connectivity index (χ1n) is 7.03. The van der Waals surface area contributed by atoms with E-state index in [-0.39, 0.29) is 12.4 Å². The zero-order valence-corrected chi connectivity index (χ0v) is 12.8. The zero-order chi connectivity index (χ0) is 17.6. The number of carbonyl (C=O) groups excluding carboxylic acids is 1. The van der Waals surface area contributed by atoms with Gasteiger partial charge < -0.3 is 4.74 Å². The predicted octanol–water partition coefficient (Wildman–Crippen LogP) is 3.54. The molecule has 0 aromatic heterocycles. The van der Waals surface area contributed by atoms with Crippen molar-refractivity contribution in [2.45, 2.75) is 13.1 Å². The number of aryl methyl sites for hydroxylation is 1. The molecule has 126 valence electrons. The number of nitrogens with one attached hydrogen (secondary N) is 1. The van der Waals surface area contributed by atoms with Crippen molar-refractivity contribution in [3.05, 3.63) is 65.2 Å². The molecule has 24 heavy (non-hydrogen) atoms. The fourth-order valence-corrected chi connectivity index (χ4v) is 1.75. The van der Waals surface area contributed by atoms with Gasteiger partial charge in [-0.1, -0.05) is 29.8 Å². The van der Waals surface area contributed by atoms with Crippen molar-refractivity contribution in [1.82, 2.24) is 5.43 Å². The fraction of sp³-hybridized carbons (Fsp3) is 0.176. The van der Waals surface area contributed by atoms with Gasteiger partial charge in [0.15, 0.2) is 6.61 Å². The van der Waals surface area contributed by atoms with Crippen molar-refractivity contribution in [2.24, 2.45) is 5.10 Å². The van der Waals surface area contributed by atoms with Gasteiger partial charge in [0.25, 0.3) is 5.91 Å². The Hall–Kier alpha value is -2.83. The van der Waals surface area contributed by atoms with Gasteiger partial charge in [-0.05, 0) is 36.8 Å². The van der Waals surface area contributed by atoms with Crippen molar-refractivity contribution in [3.8, 4) is 5.75 Å². The minimum absolute atomic E-state index is 0.167. The molecule has 0 aliphatic rings. The van der Waals surface area contributed by atoms with Gasteiger partial charge >= 0.3 is 6.18 Å². The lowest BCUT2D eigenvalue weighted by molar-refractivity contribution is -0.137. The quantitative estimate of drug-likeness (QED) is 0.671. The molecule has 0 heterocycles. The molecule has 0 spiro atoms. The molecule has 0 aliphatic heterocycles. The molecule has 0 saturated heterocycles. The maximum atomic E-state index is 12.4. The highest BCUT2D eigenvalue weighted by molar-refractivity contribution is 5.82. The summed E-state index contributed by atoms with van der Waals surface area (Å²) in [6.07, 6.45) is -2.92. The van der Waals surface area contributed by atoms with Crippen molar-refractivity contribution >= 4 is 12.1 Å². The summed E-state index contributed by atoms with van der Waals surface area (Å²) in [5.41, 5.74) is 3.44. The summed E-state index contributed by atoms with van der Waals surface area (Å²) in [5.74, 6) is -0.348. The normalized spacial score (nSPS) is 11.5. The molecule has 0 aliphatic carbocycles. The third-order valence-corrected chi connectivity index (χ3v) is 3.03. The van der Waals surface area contributed by atoms with Crippen LogP contribution in [-0.2, 0) is 11.0 Å². The van der Waals surface area contributed by atoms with Crippen LogP contribution < -0.4 is 10.2 Å². The number of halogens is 3. The topological polar surface area (TPSA) is 50.7 Å². The average Bonchev–Trinajstić information content (AvgIpc) is 2.54. The van der Waals surface area contributed by atoms with Crippen LogP contribution in [0.15, 0.2) is 53.6 Å². The summed E-state index contributed by atoms with van der Waals surface area (Å²) in [5, 5.41) is 3.78. The number of hydrazone groups is 1. The van der Waals surface area contributed by atoms with Crippen LogP contribution in [0.1, 0.15) is 16.7 Å². The minimum Gasteiger partial charge on any atom is -0.484 e. The molecule has 2 aromatic carbocycles. The van der Waals surface area contributed by atoms with Gasteiger partial charge in [-0.3, -0.25) is 4.79 Å². The molecule has 0 saturated carbocycles. The third kappa shape index (κ3) is 5.42. The number of alkyl halides is 3. The highest BCUT2D eigenvalue weighted by atomic mass is 19.4. The number of ether oxygens (including phenoxy) is 1. The predicted molar refractivity (Wildman–Crippen MR) is 83.9 cm³/mol. The molecule has 2 aromatic rings. The number of hydrogen-bond acceptors (Lipinski definition) is 3. The lowest BCUT2D eigenvalue weighted by Crippen LogP contribution is -2.24. The van der Waals surface area contributed by atoms with E-state index in [9.17, 15) is 18.0 Å². The molecule has 4 nitrogen and oxygen atoms in total. The summed E-state index contributed by atoms with van der Waals surface area (Å²) < 4.78 is 42.3.